The van der Waals surface area contributed by atoms with Crippen molar-refractivity contribution in [1.82, 2.24) is 14.8 Å². The fourth-order valence-electron chi connectivity index (χ4n) is 5.76. The number of carbonyl (C=O) groups is 1. The summed E-state index contributed by atoms with van der Waals surface area (Å²) in [6.45, 7) is 7.00. The van der Waals surface area contributed by atoms with E-state index in [1.165, 1.54) is 29.7 Å². The summed E-state index contributed by atoms with van der Waals surface area (Å²) in [5.41, 5.74) is 2.10. The van der Waals surface area contributed by atoms with E-state index in [1.807, 2.05) is 26.0 Å². The molecule has 28 heavy (non-hydrogen) atoms. The van der Waals surface area contributed by atoms with Crippen molar-refractivity contribution in [2.45, 2.75) is 44.7 Å². The molecule has 6 heteroatoms. The van der Waals surface area contributed by atoms with Crippen molar-refractivity contribution in [3.05, 3.63) is 45.4 Å². The van der Waals surface area contributed by atoms with E-state index in [9.17, 15) is 4.79 Å². The van der Waals surface area contributed by atoms with Gasteiger partial charge in [-0.25, -0.2) is 4.98 Å². The van der Waals surface area contributed by atoms with Crippen LogP contribution in [0.3, 0.4) is 0 Å². The van der Waals surface area contributed by atoms with Crippen LogP contribution in [0.4, 0.5) is 0 Å². The van der Waals surface area contributed by atoms with Crippen LogP contribution in [0.2, 0.25) is 0 Å². The normalized spacial score (nSPS) is 31.1. The van der Waals surface area contributed by atoms with Gasteiger partial charge in [0.05, 0.1) is 23.9 Å². The monoisotopic (exact) mass is 397 g/mol. The Hall–Kier alpha value is -1.92. The maximum atomic E-state index is 13.6. The second kappa shape index (κ2) is 6.85. The molecule has 6 rings (SSSR count). The van der Waals surface area contributed by atoms with Crippen LogP contribution in [-0.4, -0.2) is 59.5 Å². The first-order valence-electron chi connectivity index (χ1n) is 10.2. The zero-order valence-electron chi connectivity index (χ0n) is 16.7. The van der Waals surface area contributed by atoms with Crippen molar-refractivity contribution in [3.63, 3.8) is 0 Å². The van der Waals surface area contributed by atoms with E-state index in [1.54, 1.807) is 7.11 Å². The molecule has 4 saturated heterocycles. The highest BCUT2D eigenvalue weighted by molar-refractivity contribution is 7.13. The number of hydrogen-bond donors (Lipinski definition) is 0. The Bertz CT molecular complexity index is 903. The summed E-state index contributed by atoms with van der Waals surface area (Å²) in [5, 5.41) is 0.965. The first kappa shape index (κ1) is 18.1. The van der Waals surface area contributed by atoms with Gasteiger partial charge in [-0.1, -0.05) is 18.2 Å². The van der Waals surface area contributed by atoms with Gasteiger partial charge in [0.1, 0.15) is 10.6 Å². The molecule has 5 heterocycles. The number of benzene rings is 1. The number of hydrogen-bond acceptors (Lipinski definition) is 5. The first-order chi connectivity index (χ1) is 13.6. The summed E-state index contributed by atoms with van der Waals surface area (Å²) in [6, 6.07) is 9.02. The minimum absolute atomic E-state index is 0.171. The van der Waals surface area contributed by atoms with Gasteiger partial charge in [0.15, 0.2) is 0 Å². The summed E-state index contributed by atoms with van der Waals surface area (Å²) >= 11 is 1.53. The first-order valence-corrected chi connectivity index (χ1v) is 11.0. The average Bonchev–Trinajstić information content (AvgIpc) is 3.30. The molecule has 4 aliphatic rings. The third-order valence-electron chi connectivity index (χ3n) is 6.89. The number of para-hydroxylation sites is 1. The van der Waals surface area contributed by atoms with E-state index < -0.39 is 0 Å². The number of thiazole rings is 1. The summed E-state index contributed by atoms with van der Waals surface area (Å²) in [4.78, 5) is 23.7. The van der Waals surface area contributed by atoms with Crippen LogP contribution >= 0.6 is 11.3 Å². The molecule has 4 fully saturated rings. The Morgan fingerprint density at radius 3 is 2.61 bits per heavy atom. The molecule has 5 nitrogen and oxygen atoms in total. The molecule has 0 unspecified atom stereocenters. The topological polar surface area (TPSA) is 45.7 Å². The zero-order chi connectivity index (χ0) is 19.4. The highest BCUT2D eigenvalue weighted by Gasteiger charge is 2.55. The zero-order valence-corrected chi connectivity index (χ0v) is 17.5. The standard InChI is InChI=1S/C22H27N3O2S/c1-13-21(28-14(2)23-13)22(26)25-12-17(16-6-4-5-7-18(16)27-3)20-19(25)15-8-10-24(20)11-9-15/h4-7,15,17,19-20H,8-12H2,1-3H3/t17-,19-,20-/m0/s1. The van der Waals surface area contributed by atoms with Crippen LogP contribution in [0.25, 0.3) is 0 Å². The quantitative estimate of drug-likeness (QED) is 0.796. The van der Waals surface area contributed by atoms with E-state index in [2.05, 4.69) is 26.9 Å². The summed E-state index contributed by atoms with van der Waals surface area (Å²) < 4.78 is 5.69. The Morgan fingerprint density at radius 2 is 1.93 bits per heavy atom. The summed E-state index contributed by atoms with van der Waals surface area (Å²) in [7, 11) is 1.74. The second-order valence-electron chi connectivity index (χ2n) is 8.31. The van der Waals surface area contributed by atoms with Gasteiger partial charge in [0, 0.05) is 24.1 Å². The van der Waals surface area contributed by atoms with Crippen molar-refractivity contribution in [2.24, 2.45) is 5.92 Å². The van der Waals surface area contributed by atoms with Crippen molar-refractivity contribution < 1.29 is 9.53 Å². The summed E-state index contributed by atoms with van der Waals surface area (Å²) in [6.07, 6.45) is 2.40. The minimum Gasteiger partial charge on any atom is -0.496 e. The van der Waals surface area contributed by atoms with Crippen LogP contribution in [0, 0.1) is 19.8 Å². The van der Waals surface area contributed by atoms with Crippen molar-refractivity contribution >= 4 is 17.2 Å². The third kappa shape index (κ3) is 2.69. The maximum Gasteiger partial charge on any atom is 0.266 e. The third-order valence-corrected chi connectivity index (χ3v) is 7.95. The molecular formula is C22H27N3O2S. The molecule has 1 aromatic carbocycles. The van der Waals surface area contributed by atoms with Gasteiger partial charge >= 0.3 is 0 Å². The number of rotatable bonds is 3. The van der Waals surface area contributed by atoms with Crippen LogP contribution in [-0.2, 0) is 0 Å². The van der Waals surface area contributed by atoms with Gasteiger partial charge in [0.25, 0.3) is 5.91 Å². The molecule has 0 aliphatic carbocycles. The van der Waals surface area contributed by atoms with Crippen LogP contribution in [0.15, 0.2) is 24.3 Å². The van der Waals surface area contributed by atoms with E-state index in [-0.39, 0.29) is 5.91 Å². The van der Waals surface area contributed by atoms with Crippen LogP contribution in [0.1, 0.15) is 44.7 Å². The van der Waals surface area contributed by atoms with Gasteiger partial charge in [-0.15, -0.1) is 11.3 Å². The number of aromatic nitrogens is 1. The van der Waals surface area contributed by atoms with Crippen molar-refractivity contribution in [2.75, 3.05) is 26.7 Å². The summed E-state index contributed by atoms with van der Waals surface area (Å²) in [5.74, 6) is 2.01. The Kier molecular flexibility index (Phi) is 4.43. The van der Waals surface area contributed by atoms with Gasteiger partial charge in [0.2, 0.25) is 0 Å². The van der Waals surface area contributed by atoms with Crippen molar-refractivity contribution in [1.29, 1.82) is 0 Å². The number of carbonyl (C=O) groups excluding carboxylic acids is 1. The minimum atomic E-state index is 0.171. The molecule has 0 saturated carbocycles. The lowest BCUT2D eigenvalue weighted by Gasteiger charge is -2.51. The largest absolute Gasteiger partial charge is 0.496 e. The average molecular weight is 398 g/mol. The lowest BCUT2D eigenvalue weighted by molar-refractivity contribution is -0.00338. The number of nitrogens with zero attached hydrogens (tertiary/aromatic N) is 3. The predicted octanol–water partition coefficient (Wildman–Crippen LogP) is 3.47. The van der Waals surface area contributed by atoms with Gasteiger partial charge < -0.3 is 9.64 Å². The molecule has 148 valence electrons. The molecular weight excluding hydrogens is 370 g/mol. The van der Waals surface area contributed by atoms with Gasteiger partial charge in [-0.05, 0) is 51.8 Å². The van der Waals surface area contributed by atoms with E-state index in [0.29, 0.717) is 23.9 Å². The molecule has 1 aromatic heterocycles. The molecule has 0 spiro atoms. The number of amides is 1. The predicted molar refractivity (Wildman–Crippen MR) is 110 cm³/mol. The van der Waals surface area contributed by atoms with E-state index in [0.717, 1.165) is 41.0 Å². The van der Waals surface area contributed by atoms with Crippen molar-refractivity contribution in [3.8, 4) is 5.75 Å². The fourth-order valence-corrected chi connectivity index (χ4v) is 6.64. The van der Waals surface area contributed by atoms with E-state index in [4.69, 9.17) is 4.74 Å². The fraction of sp³-hybridized carbons (Fsp3) is 0.545. The van der Waals surface area contributed by atoms with Crippen LogP contribution < -0.4 is 4.74 Å². The number of fused-ring (bicyclic) bond motifs is 2. The van der Waals surface area contributed by atoms with Crippen LogP contribution in [0.5, 0.6) is 5.75 Å². The smallest absolute Gasteiger partial charge is 0.266 e. The molecule has 3 atom stereocenters. The molecule has 2 bridgehead atoms. The lowest BCUT2D eigenvalue weighted by Crippen LogP contribution is -2.60. The Morgan fingerprint density at radius 1 is 1.18 bits per heavy atom. The molecule has 0 N–H and O–H groups in total. The number of ether oxygens (including phenoxy) is 1. The lowest BCUT2D eigenvalue weighted by atomic mass is 9.75. The molecule has 4 aliphatic heterocycles. The highest BCUT2D eigenvalue weighted by Crippen LogP contribution is 2.48. The Labute approximate surface area is 170 Å². The second-order valence-corrected chi connectivity index (χ2v) is 9.51. The van der Waals surface area contributed by atoms with Gasteiger partial charge in [-0.3, -0.25) is 9.69 Å². The highest BCUT2D eigenvalue weighted by atomic mass is 32.1. The van der Waals surface area contributed by atoms with E-state index >= 15 is 0 Å². The van der Waals surface area contributed by atoms with Gasteiger partial charge in [-0.2, -0.15) is 0 Å². The Balaban J connectivity index is 1.56. The SMILES string of the molecule is COc1ccccc1[C@@H]1CN(C(=O)c2sc(C)nc2C)[C@H]2C3CCN(CC3)[C@@H]12. The maximum absolute atomic E-state index is 13.6. The molecule has 0 radical (unpaired) electrons. The number of likely N-dealkylation sites (tertiary alicyclic amines) is 1. The number of aryl methyl sites for hydroxylation is 2. The number of methoxy groups -OCH3 is 1. The number of piperidine rings is 3. The molecule has 2 aromatic rings. The molecule has 1 amide bonds.